The van der Waals surface area contributed by atoms with Gasteiger partial charge in [0.05, 0.1) is 11.4 Å². The molecule has 0 bridgehead atoms. The SMILES string of the molecule is Cc1nn(-c2ccccc2)c(C)c1CN(C)C(=O)c1ccc(NC(N)=O)cc1. The number of carbonyl (C=O) groups is 2. The van der Waals surface area contributed by atoms with E-state index in [1.807, 2.05) is 48.9 Å². The third-order valence-electron chi connectivity index (χ3n) is 4.58. The molecule has 0 unspecified atom stereocenters. The molecule has 0 radical (unpaired) electrons. The molecule has 2 aromatic carbocycles. The summed E-state index contributed by atoms with van der Waals surface area (Å²) in [5.74, 6) is -0.114. The van der Waals surface area contributed by atoms with Gasteiger partial charge in [-0.15, -0.1) is 0 Å². The Morgan fingerprint density at radius 2 is 1.71 bits per heavy atom. The molecule has 1 aromatic heterocycles. The summed E-state index contributed by atoms with van der Waals surface area (Å²) in [5, 5.41) is 7.11. The van der Waals surface area contributed by atoms with Crippen LogP contribution in [0.2, 0.25) is 0 Å². The van der Waals surface area contributed by atoms with Crippen molar-refractivity contribution in [3.63, 3.8) is 0 Å². The number of aryl methyl sites for hydroxylation is 1. The molecule has 0 spiro atoms. The number of nitrogens with two attached hydrogens (primary N) is 1. The van der Waals surface area contributed by atoms with Gasteiger partial charge in [0.2, 0.25) is 0 Å². The number of amides is 3. The minimum absolute atomic E-state index is 0.114. The number of para-hydroxylation sites is 1. The number of urea groups is 1. The Bertz CT molecular complexity index is 994. The van der Waals surface area contributed by atoms with Crippen LogP contribution in [-0.2, 0) is 6.54 Å². The minimum atomic E-state index is -0.641. The van der Waals surface area contributed by atoms with Crippen molar-refractivity contribution in [2.75, 3.05) is 12.4 Å². The summed E-state index contributed by atoms with van der Waals surface area (Å²) in [6, 6.07) is 15.9. The van der Waals surface area contributed by atoms with Gasteiger partial charge in [-0.3, -0.25) is 4.79 Å². The molecular formula is C21H23N5O2. The highest BCUT2D eigenvalue weighted by atomic mass is 16.2. The van der Waals surface area contributed by atoms with Crippen molar-refractivity contribution in [2.45, 2.75) is 20.4 Å². The van der Waals surface area contributed by atoms with Gasteiger partial charge in [-0.25, -0.2) is 9.48 Å². The van der Waals surface area contributed by atoms with Gasteiger partial charge < -0.3 is 16.0 Å². The standard InChI is InChI=1S/C21H23N5O2/c1-14-19(15(2)26(24-14)18-7-5-4-6-8-18)13-25(3)20(27)16-9-11-17(12-10-16)23-21(22)28/h4-12H,13H2,1-3H3,(H3,22,23,28). The summed E-state index contributed by atoms with van der Waals surface area (Å²) in [7, 11) is 1.76. The Kier molecular flexibility index (Phi) is 5.44. The van der Waals surface area contributed by atoms with Gasteiger partial charge >= 0.3 is 6.03 Å². The fourth-order valence-electron chi connectivity index (χ4n) is 3.09. The van der Waals surface area contributed by atoms with Crippen molar-refractivity contribution in [3.05, 3.63) is 77.1 Å². The van der Waals surface area contributed by atoms with Gasteiger partial charge in [-0.2, -0.15) is 5.10 Å². The third kappa shape index (κ3) is 4.03. The normalized spacial score (nSPS) is 10.5. The Balaban J connectivity index is 1.77. The van der Waals surface area contributed by atoms with Crippen LogP contribution < -0.4 is 11.1 Å². The van der Waals surface area contributed by atoms with Crippen molar-refractivity contribution in [1.29, 1.82) is 0 Å². The van der Waals surface area contributed by atoms with Gasteiger partial charge in [-0.05, 0) is 50.2 Å². The topological polar surface area (TPSA) is 93.2 Å². The number of nitrogens with one attached hydrogen (secondary N) is 1. The number of anilines is 1. The lowest BCUT2D eigenvalue weighted by atomic mass is 10.1. The van der Waals surface area contributed by atoms with E-state index < -0.39 is 6.03 Å². The fraction of sp³-hybridized carbons (Fsp3) is 0.190. The first-order valence-corrected chi connectivity index (χ1v) is 8.89. The van der Waals surface area contributed by atoms with Crippen LogP contribution in [0.3, 0.4) is 0 Å². The number of hydrogen-bond acceptors (Lipinski definition) is 3. The maximum absolute atomic E-state index is 12.8. The Hall–Kier alpha value is -3.61. The summed E-state index contributed by atoms with van der Waals surface area (Å²) < 4.78 is 1.90. The smallest absolute Gasteiger partial charge is 0.316 e. The number of nitrogens with zero attached hydrogens (tertiary/aromatic N) is 3. The van der Waals surface area contributed by atoms with E-state index in [4.69, 9.17) is 5.73 Å². The maximum Gasteiger partial charge on any atom is 0.316 e. The van der Waals surface area contributed by atoms with Gasteiger partial charge in [0, 0.05) is 36.1 Å². The highest BCUT2D eigenvalue weighted by Gasteiger charge is 2.18. The van der Waals surface area contributed by atoms with Crippen molar-refractivity contribution in [1.82, 2.24) is 14.7 Å². The van der Waals surface area contributed by atoms with Crippen LogP contribution in [0, 0.1) is 13.8 Å². The predicted molar refractivity (Wildman–Crippen MR) is 108 cm³/mol. The molecule has 7 heteroatoms. The lowest BCUT2D eigenvalue weighted by molar-refractivity contribution is 0.0785. The van der Waals surface area contributed by atoms with E-state index in [9.17, 15) is 9.59 Å². The number of rotatable bonds is 5. The lowest BCUT2D eigenvalue weighted by Crippen LogP contribution is -2.26. The van der Waals surface area contributed by atoms with Crippen molar-refractivity contribution < 1.29 is 9.59 Å². The molecule has 0 atom stereocenters. The highest BCUT2D eigenvalue weighted by molar-refractivity contribution is 5.95. The van der Waals surface area contributed by atoms with Crippen LogP contribution in [0.1, 0.15) is 27.3 Å². The number of primary amides is 1. The van der Waals surface area contributed by atoms with Crippen LogP contribution >= 0.6 is 0 Å². The van der Waals surface area contributed by atoms with E-state index in [1.165, 1.54) is 0 Å². The summed E-state index contributed by atoms with van der Waals surface area (Å²) in [4.78, 5) is 25.3. The van der Waals surface area contributed by atoms with Crippen LogP contribution in [0.25, 0.3) is 5.69 Å². The maximum atomic E-state index is 12.8. The van der Waals surface area contributed by atoms with Gasteiger partial charge in [0.15, 0.2) is 0 Å². The van der Waals surface area contributed by atoms with Crippen molar-refractivity contribution >= 4 is 17.6 Å². The second kappa shape index (κ2) is 7.96. The molecule has 0 saturated heterocycles. The number of aromatic nitrogens is 2. The molecule has 3 aromatic rings. The predicted octanol–water partition coefficient (Wildman–Crippen LogP) is 3.25. The van der Waals surface area contributed by atoms with Crippen LogP contribution in [0.5, 0.6) is 0 Å². The molecule has 28 heavy (non-hydrogen) atoms. The van der Waals surface area contributed by atoms with Crippen molar-refractivity contribution in [2.24, 2.45) is 5.73 Å². The Morgan fingerprint density at radius 3 is 2.32 bits per heavy atom. The van der Waals surface area contributed by atoms with E-state index in [1.54, 1.807) is 36.2 Å². The molecule has 3 rings (SSSR count). The third-order valence-corrected chi connectivity index (χ3v) is 4.58. The average molecular weight is 377 g/mol. The fourth-order valence-corrected chi connectivity index (χ4v) is 3.09. The summed E-state index contributed by atoms with van der Waals surface area (Å²) in [6.45, 7) is 4.40. The van der Waals surface area contributed by atoms with Gasteiger partial charge in [-0.1, -0.05) is 18.2 Å². The molecule has 0 aliphatic carbocycles. The molecule has 3 amide bonds. The summed E-state index contributed by atoms with van der Waals surface area (Å²) in [5.41, 5.74) is 10.1. The number of hydrogen-bond donors (Lipinski definition) is 2. The molecule has 144 valence electrons. The van der Waals surface area contributed by atoms with E-state index in [2.05, 4.69) is 10.4 Å². The van der Waals surface area contributed by atoms with Gasteiger partial charge in [0.1, 0.15) is 0 Å². The average Bonchev–Trinajstić information content (AvgIpc) is 2.96. The zero-order valence-electron chi connectivity index (χ0n) is 16.1. The minimum Gasteiger partial charge on any atom is -0.351 e. The molecular weight excluding hydrogens is 354 g/mol. The molecule has 0 saturated carbocycles. The Labute approximate surface area is 163 Å². The molecule has 1 heterocycles. The summed E-state index contributed by atoms with van der Waals surface area (Å²) in [6.07, 6.45) is 0. The zero-order chi connectivity index (χ0) is 20.3. The van der Waals surface area contributed by atoms with E-state index in [-0.39, 0.29) is 5.91 Å². The first-order valence-electron chi connectivity index (χ1n) is 8.89. The largest absolute Gasteiger partial charge is 0.351 e. The first-order chi connectivity index (χ1) is 13.4. The molecule has 3 N–H and O–H groups in total. The number of carbonyl (C=O) groups excluding carboxylic acids is 2. The molecule has 0 aliphatic rings. The number of benzene rings is 2. The van der Waals surface area contributed by atoms with Crippen LogP contribution in [-0.4, -0.2) is 33.7 Å². The van der Waals surface area contributed by atoms with Gasteiger partial charge in [0.25, 0.3) is 5.91 Å². The first kappa shape index (κ1) is 19.2. The monoisotopic (exact) mass is 377 g/mol. The van der Waals surface area contributed by atoms with Crippen LogP contribution in [0.15, 0.2) is 54.6 Å². The highest BCUT2D eigenvalue weighted by Crippen LogP contribution is 2.20. The van der Waals surface area contributed by atoms with Crippen molar-refractivity contribution in [3.8, 4) is 5.69 Å². The second-order valence-corrected chi connectivity index (χ2v) is 6.62. The zero-order valence-corrected chi connectivity index (χ0v) is 16.1. The molecule has 0 fully saturated rings. The van der Waals surface area contributed by atoms with E-state index >= 15 is 0 Å². The second-order valence-electron chi connectivity index (χ2n) is 6.62. The lowest BCUT2D eigenvalue weighted by Gasteiger charge is -2.18. The molecule has 7 nitrogen and oxygen atoms in total. The van der Waals surface area contributed by atoms with Crippen LogP contribution in [0.4, 0.5) is 10.5 Å². The van der Waals surface area contributed by atoms with E-state index in [0.717, 1.165) is 22.6 Å². The Morgan fingerprint density at radius 1 is 1.07 bits per heavy atom. The molecule has 0 aliphatic heterocycles. The van der Waals surface area contributed by atoms with E-state index in [0.29, 0.717) is 17.8 Å². The quantitative estimate of drug-likeness (QED) is 0.715. The summed E-state index contributed by atoms with van der Waals surface area (Å²) >= 11 is 0.